The molecule has 0 radical (unpaired) electrons. The van der Waals surface area contributed by atoms with Gasteiger partial charge >= 0.3 is 0 Å². The molecule has 1 aliphatic rings. The number of methoxy groups -OCH3 is 1. The zero-order valence-corrected chi connectivity index (χ0v) is 8.34. The molecule has 1 aromatic carbocycles. The second kappa shape index (κ2) is 4.03. The molecular formula is C10H12O2S. The molecule has 0 bridgehead atoms. The highest BCUT2D eigenvalue weighted by atomic mass is 32.2. The second-order valence-electron chi connectivity index (χ2n) is 2.85. The Morgan fingerprint density at radius 1 is 1.38 bits per heavy atom. The lowest BCUT2D eigenvalue weighted by atomic mass is 10.2. The van der Waals surface area contributed by atoms with Crippen LogP contribution >= 0.6 is 11.8 Å². The molecule has 1 saturated heterocycles. The van der Waals surface area contributed by atoms with Crippen molar-refractivity contribution in [3.63, 3.8) is 0 Å². The Hall–Kier alpha value is -0.670. The fourth-order valence-electron chi connectivity index (χ4n) is 1.31. The average molecular weight is 196 g/mol. The highest BCUT2D eigenvalue weighted by Crippen LogP contribution is 2.35. The highest BCUT2D eigenvalue weighted by Gasteiger charge is 2.17. The maximum absolute atomic E-state index is 5.53. The van der Waals surface area contributed by atoms with Gasteiger partial charge in [-0.1, -0.05) is 12.1 Å². The Morgan fingerprint density at radius 2 is 2.15 bits per heavy atom. The van der Waals surface area contributed by atoms with Crippen LogP contribution < -0.4 is 4.74 Å². The van der Waals surface area contributed by atoms with Crippen molar-refractivity contribution >= 4 is 11.8 Å². The van der Waals surface area contributed by atoms with Gasteiger partial charge in [0.05, 0.1) is 13.7 Å². The Balaban J connectivity index is 2.12. The van der Waals surface area contributed by atoms with Crippen molar-refractivity contribution < 1.29 is 9.47 Å². The van der Waals surface area contributed by atoms with E-state index in [1.54, 1.807) is 7.11 Å². The number of benzene rings is 1. The summed E-state index contributed by atoms with van der Waals surface area (Å²) in [7, 11) is 1.68. The van der Waals surface area contributed by atoms with Gasteiger partial charge in [-0.2, -0.15) is 0 Å². The zero-order valence-electron chi connectivity index (χ0n) is 7.53. The molecule has 0 spiro atoms. The van der Waals surface area contributed by atoms with E-state index in [0.29, 0.717) is 0 Å². The minimum Gasteiger partial charge on any atom is -0.497 e. The Morgan fingerprint density at radius 3 is 2.69 bits per heavy atom. The third-order valence-electron chi connectivity index (χ3n) is 2.01. The molecule has 1 heterocycles. The summed E-state index contributed by atoms with van der Waals surface area (Å²) in [5.74, 6) is 1.99. The summed E-state index contributed by atoms with van der Waals surface area (Å²) in [6, 6.07) is 8.05. The lowest BCUT2D eigenvalue weighted by molar-refractivity contribution is 0.145. The Labute approximate surface area is 82.2 Å². The maximum atomic E-state index is 5.53. The van der Waals surface area contributed by atoms with Crippen molar-refractivity contribution in [3.05, 3.63) is 29.8 Å². The van der Waals surface area contributed by atoms with E-state index in [0.717, 1.165) is 18.1 Å². The number of rotatable bonds is 2. The normalized spacial score (nSPS) is 21.8. The van der Waals surface area contributed by atoms with Crippen molar-refractivity contribution in [1.82, 2.24) is 0 Å². The van der Waals surface area contributed by atoms with E-state index >= 15 is 0 Å². The van der Waals surface area contributed by atoms with Crippen molar-refractivity contribution in [3.8, 4) is 5.75 Å². The molecule has 0 amide bonds. The minimum absolute atomic E-state index is 0.228. The van der Waals surface area contributed by atoms with Crippen LogP contribution in [0.3, 0.4) is 0 Å². The molecule has 70 valence electrons. The van der Waals surface area contributed by atoms with Crippen molar-refractivity contribution in [2.45, 2.75) is 5.44 Å². The summed E-state index contributed by atoms with van der Waals surface area (Å²) in [5, 5.41) is 0. The topological polar surface area (TPSA) is 18.5 Å². The fourth-order valence-corrected chi connectivity index (χ4v) is 2.26. The summed E-state index contributed by atoms with van der Waals surface area (Å²) in [5.41, 5.74) is 1.45. The van der Waals surface area contributed by atoms with Gasteiger partial charge in [0.25, 0.3) is 0 Å². The molecule has 13 heavy (non-hydrogen) atoms. The number of thioether (sulfide) groups is 1. The van der Waals surface area contributed by atoms with Crippen LogP contribution in [0.1, 0.15) is 11.0 Å². The molecule has 1 atom stereocenters. The molecule has 2 nitrogen and oxygen atoms in total. The van der Waals surface area contributed by atoms with E-state index in [2.05, 4.69) is 12.1 Å². The van der Waals surface area contributed by atoms with Gasteiger partial charge in [0, 0.05) is 5.75 Å². The van der Waals surface area contributed by atoms with Crippen LogP contribution in [-0.2, 0) is 4.74 Å². The molecule has 0 aromatic heterocycles. The van der Waals surface area contributed by atoms with Gasteiger partial charge in [-0.15, -0.1) is 11.8 Å². The van der Waals surface area contributed by atoms with Gasteiger partial charge in [-0.05, 0) is 17.7 Å². The van der Waals surface area contributed by atoms with Crippen LogP contribution in [0.25, 0.3) is 0 Å². The SMILES string of the molecule is COc1ccc(C2OCCS2)cc1. The van der Waals surface area contributed by atoms with E-state index < -0.39 is 0 Å². The first-order valence-corrected chi connectivity index (χ1v) is 5.32. The standard InChI is InChI=1S/C10H12O2S/c1-11-9-4-2-8(3-5-9)10-12-6-7-13-10/h2-5,10H,6-7H2,1H3. The number of hydrogen-bond donors (Lipinski definition) is 0. The third kappa shape index (κ3) is 1.98. The molecule has 1 aliphatic heterocycles. The lowest BCUT2D eigenvalue weighted by Gasteiger charge is -2.08. The van der Waals surface area contributed by atoms with Gasteiger partial charge in [-0.3, -0.25) is 0 Å². The van der Waals surface area contributed by atoms with E-state index in [1.807, 2.05) is 23.9 Å². The number of ether oxygens (including phenoxy) is 2. The van der Waals surface area contributed by atoms with Crippen LogP contribution in [0.2, 0.25) is 0 Å². The smallest absolute Gasteiger partial charge is 0.128 e. The minimum atomic E-state index is 0.228. The average Bonchev–Trinajstić information content (AvgIpc) is 2.71. The van der Waals surface area contributed by atoms with Gasteiger partial charge < -0.3 is 9.47 Å². The highest BCUT2D eigenvalue weighted by molar-refractivity contribution is 7.99. The Kier molecular flexibility index (Phi) is 2.76. The fraction of sp³-hybridized carbons (Fsp3) is 0.400. The Bertz CT molecular complexity index is 265. The summed E-state index contributed by atoms with van der Waals surface area (Å²) in [4.78, 5) is 0. The molecule has 1 fully saturated rings. The molecule has 0 saturated carbocycles. The van der Waals surface area contributed by atoms with Crippen LogP contribution in [0.5, 0.6) is 5.75 Å². The predicted molar refractivity (Wildman–Crippen MR) is 54.1 cm³/mol. The molecule has 1 unspecified atom stereocenters. The molecule has 2 rings (SSSR count). The number of hydrogen-bond acceptors (Lipinski definition) is 3. The predicted octanol–water partition coefficient (Wildman–Crippen LogP) is 2.46. The molecule has 0 aliphatic carbocycles. The van der Waals surface area contributed by atoms with E-state index in [4.69, 9.17) is 9.47 Å². The third-order valence-corrected chi connectivity index (χ3v) is 3.12. The quantitative estimate of drug-likeness (QED) is 0.724. The van der Waals surface area contributed by atoms with Crippen molar-refractivity contribution in [1.29, 1.82) is 0 Å². The summed E-state index contributed by atoms with van der Waals surface area (Å²) < 4.78 is 10.6. The summed E-state index contributed by atoms with van der Waals surface area (Å²) >= 11 is 1.85. The largest absolute Gasteiger partial charge is 0.497 e. The lowest BCUT2D eigenvalue weighted by Crippen LogP contribution is -1.92. The molecule has 3 heteroatoms. The molecule has 1 aromatic rings. The molecular weight excluding hydrogens is 184 g/mol. The van der Waals surface area contributed by atoms with E-state index in [1.165, 1.54) is 5.56 Å². The first-order chi connectivity index (χ1) is 6.40. The summed E-state index contributed by atoms with van der Waals surface area (Å²) in [6.07, 6.45) is 0. The van der Waals surface area contributed by atoms with Crippen LogP contribution in [0.4, 0.5) is 0 Å². The van der Waals surface area contributed by atoms with Crippen molar-refractivity contribution in [2.24, 2.45) is 0 Å². The first-order valence-electron chi connectivity index (χ1n) is 4.27. The van der Waals surface area contributed by atoms with Gasteiger partial charge in [-0.25, -0.2) is 0 Å². The summed E-state index contributed by atoms with van der Waals surface area (Å²) in [6.45, 7) is 0.862. The molecule has 0 N–H and O–H groups in total. The van der Waals surface area contributed by atoms with Crippen LogP contribution in [0.15, 0.2) is 24.3 Å². The van der Waals surface area contributed by atoms with E-state index in [9.17, 15) is 0 Å². The first kappa shape index (κ1) is 8.91. The van der Waals surface area contributed by atoms with Crippen LogP contribution in [0, 0.1) is 0 Å². The van der Waals surface area contributed by atoms with Crippen LogP contribution in [-0.4, -0.2) is 19.5 Å². The second-order valence-corrected chi connectivity index (χ2v) is 4.02. The van der Waals surface area contributed by atoms with Crippen molar-refractivity contribution in [2.75, 3.05) is 19.5 Å². The van der Waals surface area contributed by atoms with Gasteiger partial charge in [0.15, 0.2) is 0 Å². The zero-order chi connectivity index (χ0) is 9.10. The van der Waals surface area contributed by atoms with Gasteiger partial charge in [0.2, 0.25) is 0 Å². The maximum Gasteiger partial charge on any atom is 0.128 e. The van der Waals surface area contributed by atoms with Gasteiger partial charge in [0.1, 0.15) is 11.2 Å². The van der Waals surface area contributed by atoms with E-state index in [-0.39, 0.29) is 5.44 Å². The monoisotopic (exact) mass is 196 g/mol.